The number of nitrogens with one attached hydrogen (secondary N) is 2. The Morgan fingerprint density at radius 2 is 1.30 bits per heavy atom. The van der Waals surface area contributed by atoms with Crippen molar-refractivity contribution in [3.05, 3.63) is 118 Å². The van der Waals surface area contributed by atoms with Gasteiger partial charge in [-0.05, 0) is 54.9 Å². The summed E-state index contributed by atoms with van der Waals surface area (Å²) in [5.74, 6) is 1.34. The Labute approximate surface area is 344 Å². The van der Waals surface area contributed by atoms with Crippen molar-refractivity contribution in [2.45, 2.75) is 37.9 Å². The molecule has 0 bridgehead atoms. The van der Waals surface area contributed by atoms with Crippen LogP contribution >= 0.6 is 23.2 Å². The van der Waals surface area contributed by atoms with Gasteiger partial charge in [-0.1, -0.05) is 83.9 Å². The molecular formula is C43H51Cl2N3O9. The van der Waals surface area contributed by atoms with Crippen LogP contribution in [0, 0.1) is 0 Å². The number of rotatable bonds is 26. The van der Waals surface area contributed by atoms with E-state index in [4.69, 9.17) is 51.6 Å². The first-order chi connectivity index (χ1) is 27.7. The zero-order valence-corrected chi connectivity index (χ0v) is 33.6. The van der Waals surface area contributed by atoms with Crippen LogP contribution in [0.2, 0.25) is 10.0 Å². The van der Waals surface area contributed by atoms with Crippen LogP contribution in [0.15, 0.2) is 97.1 Å². The highest BCUT2D eigenvalue weighted by atomic mass is 35.5. The average molecular weight is 825 g/mol. The number of aliphatic hydroxyl groups excluding tert-OH is 1. The van der Waals surface area contributed by atoms with E-state index in [1.807, 2.05) is 48.5 Å². The van der Waals surface area contributed by atoms with Crippen LogP contribution in [-0.4, -0.2) is 101 Å². The predicted octanol–water partition coefficient (Wildman–Crippen LogP) is 6.52. The van der Waals surface area contributed by atoms with Crippen LogP contribution in [0.25, 0.3) is 0 Å². The average Bonchev–Trinajstić information content (AvgIpc) is 3.43. The lowest BCUT2D eigenvalue weighted by molar-refractivity contribution is -0.129. The molecule has 1 aliphatic rings. The molecule has 0 aromatic heterocycles. The minimum absolute atomic E-state index is 0.102. The number of hydrogen-bond donors (Lipinski definition) is 3. The zero-order chi connectivity index (χ0) is 40.3. The number of halogens is 2. The number of cyclic esters (lactones) is 1. The second-order valence-electron chi connectivity index (χ2n) is 13.5. The van der Waals surface area contributed by atoms with E-state index in [0.29, 0.717) is 93.1 Å². The Bertz CT molecular complexity index is 1820. The Balaban J connectivity index is 0.900. The van der Waals surface area contributed by atoms with Gasteiger partial charge in [-0.25, -0.2) is 9.69 Å². The number of anilines is 1. The van der Waals surface area contributed by atoms with Crippen LogP contribution in [0.5, 0.6) is 17.2 Å². The van der Waals surface area contributed by atoms with Gasteiger partial charge in [-0.3, -0.25) is 4.79 Å². The van der Waals surface area contributed by atoms with Crippen molar-refractivity contribution < 1.29 is 43.1 Å². The van der Waals surface area contributed by atoms with Crippen molar-refractivity contribution in [1.82, 2.24) is 10.6 Å². The fourth-order valence-electron chi connectivity index (χ4n) is 5.89. The fraction of sp³-hybridized carbons (Fsp3) is 0.395. The standard InChI is InChI=1S/C43H51Cl2N3O9/c1-43(41(50)48(42(51)57-43)36-27-34(44)26-35(45)28-36)16-17-46-18-22-52-24-25-53-23-19-47-30-37(49)31-56-38-12-13-39(54-20-14-32-8-4-2-5-9-32)40(29-38)55-21-15-33-10-6-3-7-11-33/h2-13,26-29,37,46-47,49H,14-25,30-31H2,1H3/t37-,43?/m1/s1. The number of carbonyl (C=O) groups excluding carboxylic acids is 2. The van der Waals surface area contributed by atoms with Gasteiger partial charge < -0.3 is 44.2 Å². The maximum atomic E-state index is 13.0. The monoisotopic (exact) mass is 823 g/mol. The van der Waals surface area contributed by atoms with Crippen molar-refractivity contribution in [3.63, 3.8) is 0 Å². The lowest BCUT2D eigenvalue weighted by atomic mass is 10.0. The molecule has 12 nitrogen and oxygen atoms in total. The molecule has 0 spiro atoms. The van der Waals surface area contributed by atoms with E-state index in [1.54, 1.807) is 13.0 Å². The summed E-state index contributed by atoms with van der Waals surface area (Å²) in [5, 5.41) is 17.5. The van der Waals surface area contributed by atoms with Gasteiger partial charge >= 0.3 is 6.09 Å². The third-order valence-electron chi connectivity index (χ3n) is 8.97. The molecule has 306 valence electrons. The van der Waals surface area contributed by atoms with Crippen molar-refractivity contribution in [2.24, 2.45) is 0 Å². The molecule has 1 fully saturated rings. The molecule has 1 unspecified atom stereocenters. The Morgan fingerprint density at radius 3 is 1.93 bits per heavy atom. The summed E-state index contributed by atoms with van der Waals surface area (Å²) in [7, 11) is 0. The normalized spacial score (nSPS) is 15.8. The van der Waals surface area contributed by atoms with Crippen LogP contribution in [0.4, 0.5) is 10.5 Å². The number of nitrogens with zero attached hydrogens (tertiary/aromatic N) is 1. The number of hydrogen-bond acceptors (Lipinski definition) is 11. The third kappa shape index (κ3) is 14.5. The van der Waals surface area contributed by atoms with E-state index in [0.717, 1.165) is 17.7 Å². The molecule has 3 N–H and O–H groups in total. The first kappa shape index (κ1) is 43.7. The number of amides is 2. The minimum atomic E-state index is -1.31. The highest BCUT2D eigenvalue weighted by molar-refractivity contribution is 6.35. The number of benzene rings is 4. The molecule has 5 rings (SSSR count). The van der Waals surface area contributed by atoms with Gasteiger partial charge in [0, 0.05) is 55.0 Å². The highest BCUT2D eigenvalue weighted by Gasteiger charge is 2.50. The lowest BCUT2D eigenvalue weighted by Crippen LogP contribution is -2.41. The first-order valence-corrected chi connectivity index (χ1v) is 19.8. The van der Waals surface area contributed by atoms with Crippen LogP contribution in [0.1, 0.15) is 24.5 Å². The molecule has 1 saturated heterocycles. The van der Waals surface area contributed by atoms with Crippen LogP contribution in [0.3, 0.4) is 0 Å². The van der Waals surface area contributed by atoms with E-state index in [2.05, 4.69) is 34.9 Å². The van der Waals surface area contributed by atoms with E-state index in [-0.39, 0.29) is 18.7 Å². The highest BCUT2D eigenvalue weighted by Crippen LogP contribution is 2.35. The molecule has 1 aliphatic heterocycles. The van der Waals surface area contributed by atoms with Gasteiger partial charge in [-0.2, -0.15) is 0 Å². The minimum Gasteiger partial charge on any atom is -0.491 e. The summed E-state index contributed by atoms with van der Waals surface area (Å²) < 4.78 is 34.8. The van der Waals surface area contributed by atoms with Gasteiger partial charge in [0.05, 0.1) is 45.3 Å². The number of carbonyl (C=O) groups is 2. The lowest BCUT2D eigenvalue weighted by Gasteiger charge is -2.20. The van der Waals surface area contributed by atoms with Crippen LogP contribution < -0.4 is 29.7 Å². The summed E-state index contributed by atoms with van der Waals surface area (Å²) in [5.41, 5.74) is 1.34. The van der Waals surface area contributed by atoms with Gasteiger partial charge in [0.25, 0.3) is 5.91 Å². The maximum absolute atomic E-state index is 13.0. The SMILES string of the molecule is CC1(CCNCCOCCOCCNC[C@@H](O)COc2ccc(OCCc3ccccc3)c(OCCc3ccccc3)c2)OC(=O)N(c2cc(Cl)cc(Cl)c2)C1=O. The maximum Gasteiger partial charge on any atom is 0.422 e. The van der Waals surface area contributed by atoms with Gasteiger partial charge in [0.1, 0.15) is 18.5 Å². The second-order valence-corrected chi connectivity index (χ2v) is 14.4. The molecule has 14 heteroatoms. The summed E-state index contributed by atoms with van der Waals surface area (Å²) in [6.07, 6.45) is 0.316. The van der Waals surface area contributed by atoms with Crippen molar-refractivity contribution >= 4 is 40.9 Å². The molecule has 57 heavy (non-hydrogen) atoms. The fourth-order valence-corrected chi connectivity index (χ4v) is 6.40. The first-order valence-electron chi connectivity index (χ1n) is 19.1. The molecule has 1 heterocycles. The Morgan fingerprint density at radius 1 is 0.702 bits per heavy atom. The smallest absolute Gasteiger partial charge is 0.422 e. The quantitative estimate of drug-likeness (QED) is 0.0598. The van der Waals surface area contributed by atoms with Crippen molar-refractivity contribution in [1.29, 1.82) is 0 Å². The molecule has 0 radical (unpaired) electrons. The summed E-state index contributed by atoms with van der Waals surface area (Å²) >= 11 is 12.1. The molecule has 2 amide bonds. The summed E-state index contributed by atoms with van der Waals surface area (Å²) in [6.45, 7) is 6.27. The molecule has 0 aliphatic carbocycles. The molecule has 4 aromatic carbocycles. The van der Waals surface area contributed by atoms with Crippen molar-refractivity contribution in [2.75, 3.05) is 77.3 Å². The molecular weight excluding hydrogens is 773 g/mol. The molecule has 4 aromatic rings. The largest absolute Gasteiger partial charge is 0.491 e. The topological polar surface area (TPSA) is 137 Å². The van der Waals surface area contributed by atoms with Gasteiger partial charge in [-0.15, -0.1) is 0 Å². The number of aliphatic hydroxyl groups is 1. The van der Waals surface area contributed by atoms with Crippen LogP contribution in [-0.2, 0) is 31.8 Å². The zero-order valence-electron chi connectivity index (χ0n) is 32.1. The summed E-state index contributed by atoms with van der Waals surface area (Å²) in [6, 6.07) is 30.3. The van der Waals surface area contributed by atoms with E-state index >= 15 is 0 Å². The van der Waals surface area contributed by atoms with Gasteiger partial charge in [0.2, 0.25) is 0 Å². The molecule has 2 atom stereocenters. The Hall–Kier alpha value is -4.40. The van der Waals surface area contributed by atoms with Gasteiger partial charge in [0.15, 0.2) is 17.1 Å². The van der Waals surface area contributed by atoms with E-state index in [1.165, 1.54) is 29.3 Å². The predicted molar refractivity (Wildman–Crippen MR) is 220 cm³/mol. The second kappa shape index (κ2) is 23.1. The molecule has 0 saturated carbocycles. The van der Waals surface area contributed by atoms with E-state index in [9.17, 15) is 14.7 Å². The number of ether oxygens (including phenoxy) is 6. The third-order valence-corrected chi connectivity index (χ3v) is 9.41. The summed E-state index contributed by atoms with van der Waals surface area (Å²) in [4.78, 5) is 26.5. The number of imide groups is 1. The Kier molecular flexibility index (Phi) is 17.7. The van der Waals surface area contributed by atoms with E-state index < -0.39 is 23.7 Å². The van der Waals surface area contributed by atoms with Crippen molar-refractivity contribution in [3.8, 4) is 17.2 Å².